The van der Waals surface area contributed by atoms with Crippen molar-refractivity contribution < 1.29 is 0 Å². The van der Waals surface area contributed by atoms with Crippen LogP contribution in [0.25, 0.3) is 11.2 Å². The smallest absolute Gasteiger partial charge is 0.182 e. The van der Waals surface area contributed by atoms with Crippen molar-refractivity contribution in [3.8, 4) is 0 Å². The second-order valence-corrected chi connectivity index (χ2v) is 3.06. The summed E-state index contributed by atoms with van der Waals surface area (Å²) in [6, 6.07) is 1.74. The number of fused-ring (bicyclic) bond motifs is 1. The lowest BCUT2D eigenvalue weighted by atomic mass is 10.3. The Bertz CT molecular complexity index is 431. The largest absolute Gasteiger partial charge is 0.322 e. The van der Waals surface area contributed by atoms with Gasteiger partial charge in [-0.3, -0.25) is 0 Å². The molecule has 2 aromatic heterocycles. The summed E-state index contributed by atoms with van der Waals surface area (Å²) in [5.74, 6) is 0.829. The normalized spacial score (nSPS) is 13.5. The Hall–Kier alpha value is -1.49. The Morgan fingerprint density at radius 1 is 1.54 bits per heavy atom. The van der Waals surface area contributed by atoms with Gasteiger partial charge in [0.15, 0.2) is 5.65 Å². The Morgan fingerprint density at radius 3 is 2.92 bits per heavy atom. The van der Waals surface area contributed by atoms with Crippen molar-refractivity contribution in [2.45, 2.75) is 13.0 Å². The van der Waals surface area contributed by atoms with Crippen LogP contribution in [0.3, 0.4) is 0 Å². The Balaban J connectivity index is 2.74. The van der Waals surface area contributed by atoms with E-state index in [1.165, 1.54) is 0 Å². The number of nitrogens with zero attached hydrogens (tertiary/aromatic N) is 4. The van der Waals surface area contributed by atoms with Crippen LogP contribution < -0.4 is 5.73 Å². The van der Waals surface area contributed by atoms with Gasteiger partial charge >= 0.3 is 0 Å². The molecule has 13 heavy (non-hydrogen) atoms. The van der Waals surface area contributed by atoms with Crippen LogP contribution >= 0.6 is 0 Å². The predicted molar refractivity (Wildman–Crippen MR) is 48.9 cm³/mol. The highest BCUT2D eigenvalue weighted by molar-refractivity contribution is 5.70. The molecule has 0 fully saturated rings. The molecular formula is C8H11N5. The Labute approximate surface area is 75.6 Å². The summed E-state index contributed by atoms with van der Waals surface area (Å²) in [5, 5.41) is 7.77. The summed E-state index contributed by atoms with van der Waals surface area (Å²) in [4.78, 5) is 4.35. The minimum absolute atomic E-state index is 0.0841. The molecular weight excluding hydrogens is 166 g/mol. The maximum absolute atomic E-state index is 5.75. The van der Waals surface area contributed by atoms with Gasteiger partial charge in [-0.25, -0.2) is 4.98 Å². The van der Waals surface area contributed by atoms with E-state index < -0.39 is 0 Å². The average molecular weight is 177 g/mol. The second kappa shape index (κ2) is 2.77. The fourth-order valence-electron chi connectivity index (χ4n) is 1.36. The van der Waals surface area contributed by atoms with Gasteiger partial charge in [0, 0.05) is 7.05 Å². The quantitative estimate of drug-likeness (QED) is 0.683. The molecule has 2 N–H and O–H groups in total. The minimum Gasteiger partial charge on any atom is -0.322 e. The van der Waals surface area contributed by atoms with E-state index in [0.717, 1.165) is 17.0 Å². The summed E-state index contributed by atoms with van der Waals surface area (Å²) < 4.78 is 1.87. The zero-order valence-corrected chi connectivity index (χ0v) is 7.60. The van der Waals surface area contributed by atoms with Gasteiger partial charge in [0.25, 0.3) is 0 Å². The van der Waals surface area contributed by atoms with Crippen molar-refractivity contribution in [1.29, 1.82) is 0 Å². The third kappa shape index (κ3) is 1.17. The molecule has 5 heteroatoms. The van der Waals surface area contributed by atoms with Gasteiger partial charge in [0.05, 0.1) is 12.2 Å². The van der Waals surface area contributed by atoms with Gasteiger partial charge < -0.3 is 10.3 Å². The van der Waals surface area contributed by atoms with E-state index >= 15 is 0 Å². The molecule has 0 radical (unpaired) electrons. The first-order chi connectivity index (χ1) is 6.20. The molecule has 5 nitrogen and oxygen atoms in total. The second-order valence-electron chi connectivity index (χ2n) is 3.06. The lowest BCUT2D eigenvalue weighted by Crippen LogP contribution is -2.11. The number of rotatable bonds is 1. The summed E-state index contributed by atoms with van der Waals surface area (Å²) in [5.41, 5.74) is 7.36. The van der Waals surface area contributed by atoms with E-state index in [0.29, 0.717) is 0 Å². The molecule has 0 aliphatic rings. The minimum atomic E-state index is -0.0841. The molecule has 0 saturated heterocycles. The summed E-state index contributed by atoms with van der Waals surface area (Å²) >= 11 is 0. The van der Waals surface area contributed by atoms with E-state index in [-0.39, 0.29) is 6.04 Å². The van der Waals surface area contributed by atoms with Crippen LogP contribution in [0.15, 0.2) is 12.3 Å². The fourth-order valence-corrected chi connectivity index (χ4v) is 1.36. The number of aryl methyl sites for hydroxylation is 1. The number of nitrogens with two attached hydrogens (primary N) is 1. The third-order valence-electron chi connectivity index (χ3n) is 1.98. The van der Waals surface area contributed by atoms with Gasteiger partial charge in [-0.05, 0) is 13.0 Å². The standard InChI is InChI=1S/C8H11N5/c1-5(9)7-11-6-3-4-10-12-8(6)13(7)2/h3-5H,9H2,1-2H3/t5-/m0/s1. The molecule has 0 saturated carbocycles. The van der Waals surface area contributed by atoms with Gasteiger partial charge in [-0.15, -0.1) is 5.10 Å². The van der Waals surface area contributed by atoms with E-state index in [1.807, 2.05) is 24.6 Å². The molecule has 0 aliphatic heterocycles. The van der Waals surface area contributed by atoms with Crippen molar-refractivity contribution in [1.82, 2.24) is 19.7 Å². The SMILES string of the molecule is C[C@H](N)c1nc2ccnnc2n1C. The lowest BCUT2D eigenvalue weighted by molar-refractivity contribution is 0.692. The highest BCUT2D eigenvalue weighted by atomic mass is 15.2. The van der Waals surface area contributed by atoms with E-state index in [2.05, 4.69) is 15.2 Å². The van der Waals surface area contributed by atoms with Gasteiger partial charge in [0.1, 0.15) is 11.3 Å². The van der Waals surface area contributed by atoms with Gasteiger partial charge in [0.2, 0.25) is 0 Å². The van der Waals surface area contributed by atoms with Crippen molar-refractivity contribution in [3.05, 3.63) is 18.1 Å². The van der Waals surface area contributed by atoms with Crippen molar-refractivity contribution in [3.63, 3.8) is 0 Å². The highest BCUT2D eigenvalue weighted by Crippen LogP contribution is 2.14. The molecule has 0 aromatic carbocycles. The maximum Gasteiger partial charge on any atom is 0.182 e. The van der Waals surface area contributed by atoms with Crippen molar-refractivity contribution >= 4 is 11.2 Å². The van der Waals surface area contributed by atoms with Crippen LogP contribution in [0, 0.1) is 0 Å². The number of aromatic nitrogens is 4. The highest BCUT2D eigenvalue weighted by Gasteiger charge is 2.11. The number of imidazole rings is 1. The average Bonchev–Trinajstić information content (AvgIpc) is 2.45. The van der Waals surface area contributed by atoms with Crippen LogP contribution in [-0.2, 0) is 7.05 Å². The van der Waals surface area contributed by atoms with E-state index in [9.17, 15) is 0 Å². The first kappa shape index (κ1) is 8.12. The molecule has 0 bridgehead atoms. The first-order valence-corrected chi connectivity index (χ1v) is 4.09. The van der Waals surface area contributed by atoms with Crippen molar-refractivity contribution in [2.24, 2.45) is 12.8 Å². The molecule has 0 amide bonds. The maximum atomic E-state index is 5.75. The van der Waals surface area contributed by atoms with Crippen molar-refractivity contribution in [2.75, 3.05) is 0 Å². The van der Waals surface area contributed by atoms with Gasteiger partial charge in [-0.1, -0.05) is 0 Å². The molecule has 1 atom stereocenters. The molecule has 2 heterocycles. The van der Waals surface area contributed by atoms with Crippen LogP contribution in [0.5, 0.6) is 0 Å². The molecule has 2 rings (SSSR count). The van der Waals surface area contributed by atoms with E-state index in [1.54, 1.807) is 6.20 Å². The van der Waals surface area contributed by atoms with Crippen LogP contribution in [-0.4, -0.2) is 19.7 Å². The Kier molecular flexibility index (Phi) is 1.73. The molecule has 0 aliphatic carbocycles. The van der Waals surface area contributed by atoms with Crippen LogP contribution in [0.2, 0.25) is 0 Å². The first-order valence-electron chi connectivity index (χ1n) is 4.09. The molecule has 68 valence electrons. The molecule has 2 aromatic rings. The summed E-state index contributed by atoms with van der Waals surface area (Å²) in [6.07, 6.45) is 1.63. The fraction of sp³-hybridized carbons (Fsp3) is 0.375. The zero-order chi connectivity index (χ0) is 9.42. The molecule has 0 unspecified atom stereocenters. The third-order valence-corrected chi connectivity index (χ3v) is 1.98. The zero-order valence-electron chi connectivity index (χ0n) is 7.60. The van der Waals surface area contributed by atoms with E-state index in [4.69, 9.17) is 5.73 Å². The van der Waals surface area contributed by atoms with Crippen LogP contribution in [0.4, 0.5) is 0 Å². The lowest BCUT2D eigenvalue weighted by Gasteiger charge is -2.03. The summed E-state index contributed by atoms with van der Waals surface area (Å²) in [7, 11) is 1.89. The summed E-state index contributed by atoms with van der Waals surface area (Å²) in [6.45, 7) is 1.90. The monoisotopic (exact) mass is 177 g/mol. The molecule has 0 spiro atoms. The van der Waals surface area contributed by atoms with Gasteiger partial charge in [-0.2, -0.15) is 5.10 Å². The Morgan fingerprint density at radius 2 is 2.31 bits per heavy atom. The number of hydrogen-bond donors (Lipinski definition) is 1. The van der Waals surface area contributed by atoms with Crippen LogP contribution in [0.1, 0.15) is 18.8 Å². The topological polar surface area (TPSA) is 69.6 Å². The number of hydrogen-bond acceptors (Lipinski definition) is 4. The predicted octanol–water partition coefficient (Wildman–Crippen LogP) is 0.383.